The van der Waals surface area contributed by atoms with E-state index in [1.165, 1.54) is 5.57 Å². The Balaban J connectivity index is 1.94. The van der Waals surface area contributed by atoms with Gasteiger partial charge in [-0.15, -0.1) is 0 Å². The first-order chi connectivity index (χ1) is 12.5. The summed E-state index contributed by atoms with van der Waals surface area (Å²) in [5.74, 6) is 1.93. The van der Waals surface area contributed by atoms with Crippen molar-refractivity contribution < 1.29 is 9.15 Å². The van der Waals surface area contributed by atoms with E-state index < -0.39 is 0 Å². The van der Waals surface area contributed by atoms with Crippen molar-refractivity contribution in [2.75, 3.05) is 0 Å². The van der Waals surface area contributed by atoms with E-state index in [0.29, 0.717) is 11.8 Å². The van der Waals surface area contributed by atoms with Crippen LogP contribution in [0.2, 0.25) is 0 Å². The van der Waals surface area contributed by atoms with E-state index in [9.17, 15) is 0 Å². The predicted molar refractivity (Wildman–Crippen MR) is 108 cm³/mol. The molecule has 1 aromatic heterocycles. The summed E-state index contributed by atoms with van der Waals surface area (Å²) in [6.07, 6.45) is 2.32. The zero-order chi connectivity index (χ0) is 18.7. The van der Waals surface area contributed by atoms with Crippen LogP contribution in [0, 0.1) is 5.92 Å². The zero-order valence-electron chi connectivity index (χ0n) is 16.1. The molecule has 0 spiro atoms. The van der Waals surface area contributed by atoms with E-state index in [2.05, 4.69) is 37.5 Å². The van der Waals surface area contributed by atoms with Crippen molar-refractivity contribution in [2.24, 2.45) is 5.92 Å². The molecule has 0 saturated carbocycles. The molecule has 0 fully saturated rings. The van der Waals surface area contributed by atoms with Gasteiger partial charge in [0.2, 0.25) is 5.89 Å². The smallest absolute Gasteiger partial charge is 0.227 e. The van der Waals surface area contributed by atoms with E-state index in [0.717, 1.165) is 40.8 Å². The maximum Gasteiger partial charge on any atom is 0.227 e. The number of oxazole rings is 1. The molecule has 3 nitrogen and oxygen atoms in total. The van der Waals surface area contributed by atoms with Crippen molar-refractivity contribution >= 4 is 16.7 Å². The topological polar surface area (TPSA) is 35.3 Å². The number of ether oxygens (including phenoxy) is 1. The van der Waals surface area contributed by atoms with E-state index >= 15 is 0 Å². The van der Waals surface area contributed by atoms with Crippen LogP contribution in [-0.2, 0) is 0 Å². The van der Waals surface area contributed by atoms with Gasteiger partial charge in [-0.05, 0) is 74.1 Å². The van der Waals surface area contributed by atoms with Crippen molar-refractivity contribution in [2.45, 2.75) is 46.6 Å². The first kappa shape index (κ1) is 18.2. The van der Waals surface area contributed by atoms with Crippen molar-refractivity contribution in [3.8, 4) is 17.2 Å². The van der Waals surface area contributed by atoms with Crippen LogP contribution in [0.15, 0.2) is 53.5 Å². The molecule has 26 heavy (non-hydrogen) atoms. The lowest BCUT2D eigenvalue weighted by molar-refractivity contribution is 0.242. The minimum absolute atomic E-state index is 0.132. The third-order valence-electron chi connectivity index (χ3n) is 4.69. The third kappa shape index (κ3) is 3.82. The molecule has 0 radical (unpaired) electrons. The number of benzene rings is 2. The highest BCUT2D eigenvalue weighted by molar-refractivity contribution is 5.81. The first-order valence-corrected chi connectivity index (χ1v) is 9.38. The van der Waals surface area contributed by atoms with Gasteiger partial charge in [-0.25, -0.2) is 4.98 Å². The maximum atomic E-state index is 6.04. The number of allylic oxidation sites excluding steroid dienone is 1. The van der Waals surface area contributed by atoms with Crippen LogP contribution in [0.5, 0.6) is 5.75 Å². The Morgan fingerprint density at radius 2 is 1.88 bits per heavy atom. The van der Waals surface area contributed by atoms with E-state index in [4.69, 9.17) is 9.15 Å². The van der Waals surface area contributed by atoms with Gasteiger partial charge in [0, 0.05) is 5.56 Å². The fraction of sp³-hybridized carbons (Fsp3) is 0.348. The molecule has 0 atom stereocenters. The van der Waals surface area contributed by atoms with E-state index in [1.807, 2.05) is 44.2 Å². The molecule has 0 saturated heterocycles. The Morgan fingerprint density at radius 3 is 2.58 bits per heavy atom. The highest BCUT2D eigenvalue weighted by Crippen LogP contribution is 2.32. The minimum Gasteiger partial charge on any atom is -0.491 e. The SMILES string of the molecule is C=C(c1ccc2nc(-c3cccc(OC(C)C)c3)oc2c1)C(CC)CC. The van der Waals surface area contributed by atoms with Gasteiger partial charge in [-0.3, -0.25) is 0 Å². The average Bonchev–Trinajstić information content (AvgIpc) is 3.05. The van der Waals surface area contributed by atoms with Gasteiger partial charge in [0.1, 0.15) is 11.3 Å². The summed E-state index contributed by atoms with van der Waals surface area (Å²) in [5, 5.41) is 0. The highest BCUT2D eigenvalue weighted by atomic mass is 16.5. The number of hydrogen-bond acceptors (Lipinski definition) is 3. The molecule has 136 valence electrons. The zero-order valence-corrected chi connectivity index (χ0v) is 16.1. The summed E-state index contributed by atoms with van der Waals surface area (Å²) in [7, 11) is 0. The Bertz CT molecular complexity index is 903. The fourth-order valence-electron chi connectivity index (χ4n) is 3.24. The van der Waals surface area contributed by atoms with Crippen molar-refractivity contribution in [3.63, 3.8) is 0 Å². The van der Waals surface area contributed by atoms with Gasteiger partial charge in [-0.1, -0.05) is 32.6 Å². The number of fused-ring (bicyclic) bond motifs is 1. The summed E-state index contributed by atoms with van der Waals surface area (Å²) >= 11 is 0. The van der Waals surface area contributed by atoms with Crippen LogP contribution in [-0.4, -0.2) is 11.1 Å². The van der Waals surface area contributed by atoms with Crippen molar-refractivity contribution in [3.05, 3.63) is 54.6 Å². The van der Waals surface area contributed by atoms with Gasteiger partial charge in [-0.2, -0.15) is 0 Å². The average molecular weight is 349 g/mol. The third-order valence-corrected chi connectivity index (χ3v) is 4.69. The molecular formula is C23H27NO2. The molecule has 0 aliphatic heterocycles. The highest BCUT2D eigenvalue weighted by Gasteiger charge is 2.14. The van der Waals surface area contributed by atoms with Gasteiger partial charge < -0.3 is 9.15 Å². The Labute approximate surface area is 155 Å². The quantitative estimate of drug-likeness (QED) is 0.474. The van der Waals surface area contributed by atoms with Crippen molar-refractivity contribution in [1.29, 1.82) is 0 Å². The molecule has 0 aliphatic rings. The second-order valence-corrected chi connectivity index (χ2v) is 6.93. The van der Waals surface area contributed by atoms with Gasteiger partial charge in [0.15, 0.2) is 5.58 Å². The summed E-state index contributed by atoms with van der Waals surface area (Å²) in [6.45, 7) is 12.7. The molecule has 0 N–H and O–H groups in total. The lowest BCUT2D eigenvalue weighted by atomic mass is 9.90. The summed E-state index contributed by atoms with van der Waals surface area (Å²) in [4.78, 5) is 4.64. The van der Waals surface area contributed by atoms with Gasteiger partial charge in [0.05, 0.1) is 6.10 Å². The number of aromatic nitrogens is 1. The summed E-state index contributed by atoms with van der Waals surface area (Å²) in [6, 6.07) is 14.0. The molecule has 1 heterocycles. The molecule has 0 aliphatic carbocycles. The fourth-order valence-corrected chi connectivity index (χ4v) is 3.24. The molecule has 3 rings (SSSR count). The standard InChI is InChI=1S/C23H27NO2/c1-6-17(7-2)16(5)18-11-12-21-22(14-18)26-23(24-21)19-9-8-10-20(13-19)25-15(3)4/h8-15,17H,5-7H2,1-4H3. The van der Waals surface area contributed by atoms with Crippen LogP contribution in [0.1, 0.15) is 46.1 Å². The molecule has 3 aromatic rings. The van der Waals surface area contributed by atoms with Gasteiger partial charge in [0.25, 0.3) is 0 Å². The Hall–Kier alpha value is -2.55. The Morgan fingerprint density at radius 1 is 1.12 bits per heavy atom. The summed E-state index contributed by atoms with van der Waals surface area (Å²) < 4.78 is 11.8. The van der Waals surface area contributed by atoms with Crippen molar-refractivity contribution in [1.82, 2.24) is 4.98 Å². The molecule has 0 unspecified atom stereocenters. The normalized spacial score (nSPS) is 11.5. The van der Waals surface area contributed by atoms with Crippen LogP contribution in [0.4, 0.5) is 0 Å². The van der Waals surface area contributed by atoms with E-state index in [-0.39, 0.29) is 6.10 Å². The lowest BCUT2D eigenvalue weighted by Gasteiger charge is -2.15. The second-order valence-electron chi connectivity index (χ2n) is 6.93. The molecular weight excluding hydrogens is 322 g/mol. The van der Waals surface area contributed by atoms with Gasteiger partial charge >= 0.3 is 0 Å². The largest absolute Gasteiger partial charge is 0.491 e. The molecule has 0 bridgehead atoms. The van der Waals surface area contributed by atoms with Crippen LogP contribution < -0.4 is 4.74 Å². The van der Waals surface area contributed by atoms with Crippen LogP contribution in [0.25, 0.3) is 28.1 Å². The second kappa shape index (κ2) is 7.77. The number of hydrogen-bond donors (Lipinski definition) is 0. The first-order valence-electron chi connectivity index (χ1n) is 9.38. The number of rotatable bonds is 7. The molecule has 0 amide bonds. The molecule has 3 heteroatoms. The van der Waals surface area contributed by atoms with Crippen LogP contribution in [0.3, 0.4) is 0 Å². The minimum atomic E-state index is 0.132. The predicted octanol–water partition coefficient (Wildman–Crippen LogP) is 6.73. The maximum absolute atomic E-state index is 6.04. The van der Waals surface area contributed by atoms with Crippen LogP contribution >= 0.6 is 0 Å². The molecule has 2 aromatic carbocycles. The summed E-state index contributed by atoms with van der Waals surface area (Å²) in [5.41, 5.74) is 4.86. The monoisotopic (exact) mass is 349 g/mol. The van der Waals surface area contributed by atoms with E-state index in [1.54, 1.807) is 0 Å². The number of nitrogens with zero attached hydrogens (tertiary/aromatic N) is 1. The Kier molecular flexibility index (Phi) is 5.46. The lowest BCUT2D eigenvalue weighted by Crippen LogP contribution is -2.05.